The first-order valence-electron chi connectivity index (χ1n) is 8.06. The zero-order chi connectivity index (χ0) is 20.9. The van der Waals surface area contributed by atoms with Gasteiger partial charge >= 0.3 is 5.97 Å². The van der Waals surface area contributed by atoms with Gasteiger partial charge in [-0.3, -0.25) is 9.10 Å². The highest BCUT2D eigenvalue weighted by molar-refractivity contribution is 8.00. The average Bonchev–Trinajstić information content (AvgIpc) is 2.64. The Morgan fingerprint density at radius 2 is 1.71 bits per heavy atom. The number of anilines is 1. The fraction of sp³-hybridized carbons (Fsp3) is 0.278. The summed E-state index contributed by atoms with van der Waals surface area (Å²) in [6.45, 7) is 1.73. The molecule has 0 bridgehead atoms. The van der Waals surface area contributed by atoms with Crippen molar-refractivity contribution in [2.24, 2.45) is 0 Å². The maximum atomic E-state index is 13.4. The molecule has 1 atom stereocenters. The number of halogens is 3. The Morgan fingerprint density at radius 3 is 2.32 bits per heavy atom. The van der Waals surface area contributed by atoms with Gasteiger partial charge in [0.25, 0.3) is 10.0 Å². The maximum absolute atomic E-state index is 13.4. The summed E-state index contributed by atoms with van der Waals surface area (Å²) >= 11 is 19.5. The van der Waals surface area contributed by atoms with Crippen LogP contribution in [0.3, 0.4) is 0 Å². The summed E-state index contributed by atoms with van der Waals surface area (Å²) in [6.07, 6.45) is 0. The molecule has 0 radical (unpaired) electrons. The molecule has 0 amide bonds. The minimum Gasteiger partial charge on any atom is -0.468 e. The monoisotopic (exact) mass is 481 g/mol. The van der Waals surface area contributed by atoms with Crippen LogP contribution in [-0.4, -0.2) is 39.0 Å². The Bertz CT molecular complexity index is 936. The van der Waals surface area contributed by atoms with Crippen molar-refractivity contribution in [3.8, 4) is 0 Å². The number of hydrogen-bond donors (Lipinski definition) is 0. The predicted molar refractivity (Wildman–Crippen MR) is 116 cm³/mol. The molecule has 0 aliphatic carbocycles. The van der Waals surface area contributed by atoms with E-state index in [-0.39, 0.29) is 27.3 Å². The summed E-state index contributed by atoms with van der Waals surface area (Å²) in [5.41, 5.74) is 0.260. The van der Waals surface area contributed by atoms with Crippen LogP contribution in [0.25, 0.3) is 0 Å². The van der Waals surface area contributed by atoms with E-state index in [1.54, 1.807) is 13.0 Å². The van der Waals surface area contributed by atoms with Crippen molar-refractivity contribution in [1.82, 2.24) is 0 Å². The van der Waals surface area contributed by atoms with E-state index < -0.39 is 16.1 Å². The number of sulfonamides is 1. The summed E-state index contributed by atoms with van der Waals surface area (Å²) in [5, 5.41) is 1.02. The SMILES string of the molecule is COC(=O)CSC[C@@H](C)N(c1cc(Cl)ccc1Cl)S(=O)(=O)c1ccc(Cl)cc1. The number of thioether (sulfide) groups is 1. The average molecular weight is 483 g/mol. The third-order valence-electron chi connectivity index (χ3n) is 3.72. The fourth-order valence-corrected chi connectivity index (χ4v) is 5.62. The van der Waals surface area contributed by atoms with E-state index >= 15 is 0 Å². The Hall–Kier alpha value is -1.12. The highest BCUT2D eigenvalue weighted by Gasteiger charge is 2.31. The minimum atomic E-state index is -3.96. The smallest absolute Gasteiger partial charge is 0.315 e. The minimum absolute atomic E-state index is 0.0674. The van der Waals surface area contributed by atoms with Crippen LogP contribution in [0.4, 0.5) is 5.69 Å². The van der Waals surface area contributed by atoms with Crippen molar-refractivity contribution < 1.29 is 17.9 Å². The number of hydrogen-bond acceptors (Lipinski definition) is 5. The van der Waals surface area contributed by atoms with E-state index in [9.17, 15) is 13.2 Å². The van der Waals surface area contributed by atoms with Crippen LogP contribution in [-0.2, 0) is 19.6 Å². The Morgan fingerprint density at radius 1 is 1.11 bits per heavy atom. The summed E-state index contributed by atoms with van der Waals surface area (Å²) in [6, 6.07) is 9.96. The molecule has 28 heavy (non-hydrogen) atoms. The van der Waals surface area contributed by atoms with Crippen molar-refractivity contribution in [2.45, 2.75) is 17.9 Å². The second-order valence-corrected chi connectivity index (χ2v) is 9.92. The number of rotatable bonds is 8. The second kappa shape index (κ2) is 10.1. The molecule has 5 nitrogen and oxygen atoms in total. The van der Waals surface area contributed by atoms with Gasteiger partial charge in [0.1, 0.15) is 0 Å². The van der Waals surface area contributed by atoms with E-state index in [2.05, 4.69) is 4.74 Å². The van der Waals surface area contributed by atoms with Crippen molar-refractivity contribution >= 4 is 68.2 Å². The lowest BCUT2D eigenvalue weighted by molar-refractivity contribution is -0.137. The lowest BCUT2D eigenvalue weighted by Crippen LogP contribution is -2.40. The Balaban J connectivity index is 2.45. The highest BCUT2D eigenvalue weighted by Crippen LogP contribution is 2.35. The molecule has 0 saturated heterocycles. The van der Waals surface area contributed by atoms with Gasteiger partial charge in [0.2, 0.25) is 0 Å². The van der Waals surface area contributed by atoms with Gasteiger partial charge in [-0.25, -0.2) is 8.42 Å². The van der Waals surface area contributed by atoms with Crippen LogP contribution < -0.4 is 4.31 Å². The largest absolute Gasteiger partial charge is 0.468 e. The van der Waals surface area contributed by atoms with Gasteiger partial charge in [0, 0.05) is 15.8 Å². The summed E-state index contributed by atoms with van der Waals surface area (Å²) in [5.74, 6) is 0.0640. The molecule has 2 aromatic rings. The molecule has 0 fully saturated rings. The van der Waals surface area contributed by atoms with Crippen LogP contribution in [0, 0.1) is 0 Å². The van der Waals surface area contributed by atoms with E-state index in [1.807, 2.05) is 0 Å². The first-order chi connectivity index (χ1) is 13.2. The number of carbonyl (C=O) groups excluding carboxylic acids is 1. The van der Waals surface area contributed by atoms with E-state index in [0.717, 1.165) is 0 Å². The summed E-state index contributed by atoms with van der Waals surface area (Å²) in [7, 11) is -2.66. The van der Waals surface area contributed by atoms with Gasteiger partial charge < -0.3 is 4.74 Å². The molecule has 10 heteroatoms. The third kappa shape index (κ3) is 5.70. The van der Waals surface area contributed by atoms with Crippen LogP contribution in [0.15, 0.2) is 47.4 Å². The summed E-state index contributed by atoms with van der Waals surface area (Å²) < 4.78 is 32.6. The molecule has 0 aromatic heterocycles. The molecule has 0 N–H and O–H groups in total. The van der Waals surface area contributed by atoms with Gasteiger partial charge in [-0.1, -0.05) is 34.8 Å². The molecule has 0 saturated carbocycles. The predicted octanol–water partition coefficient (Wildman–Crippen LogP) is 5.14. The van der Waals surface area contributed by atoms with Crippen LogP contribution in [0.1, 0.15) is 6.92 Å². The van der Waals surface area contributed by atoms with Crippen molar-refractivity contribution in [1.29, 1.82) is 0 Å². The van der Waals surface area contributed by atoms with E-state index in [1.165, 1.54) is 59.6 Å². The van der Waals surface area contributed by atoms with Crippen LogP contribution in [0.5, 0.6) is 0 Å². The van der Waals surface area contributed by atoms with Gasteiger partial charge in [-0.2, -0.15) is 0 Å². The van der Waals surface area contributed by atoms with Gasteiger partial charge in [-0.05, 0) is 49.4 Å². The normalized spacial score (nSPS) is 12.5. The lowest BCUT2D eigenvalue weighted by atomic mass is 10.3. The molecule has 2 rings (SSSR count). The van der Waals surface area contributed by atoms with Crippen molar-refractivity contribution in [3.63, 3.8) is 0 Å². The number of esters is 1. The number of methoxy groups -OCH3 is 1. The van der Waals surface area contributed by atoms with Crippen molar-refractivity contribution in [2.75, 3.05) is 22.9 Å². The molecule has 2 aromatic carbocycles. The lowest BCUT2D eigenvalue weighted by Gasteiger charge is -2.31. The zero-order valence-corrected chi connectivity index (χ0v) is 19.0. The topological polar surface area (TPSA) is 63.7 Å². The first kappa shape index (κ1) is 23.2. The second-order valence-electron chi connectivity index (χ2n) is 5.79. The first-order valence-corrected chi connectivity index (χ1v) is 11.8. The number of carbonyl (C=O) groups is 1. The van der Waals surface area contributed by atoms with E-state index in [0.29, 0.717) is 15.8 Å². The number of benzene rings is 2. The van der Waals surface area contributed by atoms with Gasteiger partial charge in [0.05, 0.1) is 34.5 Å². The number of nitrogens with zero attached hydrogens (tertiary/aromatic N) is 1. The molecule has 152 valence electrons. The molecule has 0 aliphatic rings. The highest BCUT2D eigenvalue weighted by atomic mass is 35.5. The quantitative estimate of drug-likeness (QED) is 0.488. The molecular formula is C18H18Cl3NO4S2. The molecule has 0 unspecified atom stereocenters. The summed E-state index contributed by atoms with van der Waals surface area (Å²) in [4.78, 5) is 11.4. The van der Waals surface area contributed by atoms with Crippen LogP contribution >= 0.6 is 46.6 Å². The Labute approximate surface area is 184 Å². The molecule has 0 spiro atoms. The van der Waals surface area contributed by atoms with Gasteiger partial charge in [0.15, 0.2) is 0 Å². The third-order valence-corrected chi connectivity index (χ3v) is 7.63. The Kier molecular flexibility index (Phi) is 8.33. The van der Waals surface area contributed by atoms with Crippen LogP contribution in [0.2, 0.25) is 15.1 Å². The van der Waals surface area contributed by atoms with Gasteiger partial charge in [-0.15, -0.1) is 11.8 Å². The molecule has 0 aliphatic heterocycles. The maximum Gasteiger partial charge on any atom is 0.315 e. The molecular weight excluding hydrogens is 465 g/mol. The fourth-order valence-electron chi connectivity index (χ4n) is 2.42. The van der Waals surface area contributed by atoms with Crippen molar-refractivity contribution in [3.05, 3.63) is 57.5 Å². The van der Waals surface area contributed by atoms with E-state index in [4.69, 9.17) is 34.8 Å². The standard InChI is InChI=1S/C18H18Cl3NO4S2/c1-12(10-27-11-18(23)26-2)22(17-9-14(20)5-8-16(17)21)28(24,25)15-6-3-13(19)4-7-15/h3-9,12H,10-11H2,1-2H3/t12-/m1/s1. The zero-order valence-electron chi connectivity index (χ0n) is 15.1. The number of ether oxygens (including phenoxy) is 1. The molecule has 0 heterocycles.